The van der Waals surface area contributed by atoms with Gasteiger partial charge in [0, 0.05) is 17.3 Å². The fraction of sp³-hybridized carbons (Fsp3) is 0.0714. The van der Waals surface area contributed by atoms with Gasteiger partial charge >= 0.3 is 6.18 Å². The lowest BCUT2D eigenvalue weighted by atomic mass is 10.2. The van der Waals surface area contributed by atoms with Gasteiger partial charge in [-0.1, -0.05) is 0 Å². The zero-order valence-electron chi connectivity index (χ0n) is 11.4. The van der Waals surface area contributed by atoms with Gasteiger partial charge in [0.2, 0.25) is 0 Å². The highest BCUT2D eigenvalue weighted by Crippen LogP contribution is 2.30. The predicted molar refractivity (Wildman–Crippen MR) is 82.3 cm³/mol. The van der Waals surface area contributed by atoms with E-state index in [2.05, 4.69) is 19.4 Å². The van der Waals surface area contributed by atoms with E-state index in [1.54, 1.807) is 6.20 Å². The highest BCUT2D eigenvalue weighted by Gasteiger charge is 2.29. The summed E-state index contributed by atoms with van der Waals surface area (Å²) in [5.41, 5.74) is 0.930. The number of rotatable bonds is 4. The summed E-state index contributed by atoms with van der Waals surface area (Å²) in [5, 5.41) is 0.576. The van der Waals surface area contributed by atoms with E-state index >= 15 is 0 Å². The maximum Gasteiger partial charge on any atom is 0.416 e. The maximum absolute atomic E-state index is 13.2. The highest BCUT2D eigenvalue weighted by molar-refractivity contribution is 8.01. The van der Waals surface area contributed by atoms with Gasteiger partial charge in [-0.3, -0.25) is 0 Å². The Morgan fingerprint density at radius 3 is 2.52 bits per heavy atom. The lowest BCUT2D eigenvalue weighted by molar-refractivity contribution is -0.137. The number of anilines is 2. The molecule has 0 radical (unpaired) electrons. The molecule has 9 heteroatoms. The minimum atomic E-state index is -4.36. The van der Waals surface area contributed by atoms with Crippen LogP contribution in [0.4, 0.5) is 28.9 Å². The number of aromatic nitrogens is 2. The molecule has 23 heavy (non-hydrogen) atoms. The average molecular weight is 342 g/mol. The smallest absolute Gasteiger partial charge is 0.344 e. The number of H-pyrrole nitrogens is 1. The molecule has 0 amide bonds. The molecule has 120 valence electrons. The summed E-state index contributed by atoms with van der Waals surface area (Å²) < 4.78 is 56.4. The maximum atomic E-state index is 13.2. The average Bonchev–Trinajstić information content (AvgIpc) is 2.89. The van der Waals surface area contributed by atoms with Gasteiger partial charge in [0.05, 0.1) is 29.6 Å². The number of nitrogens with one attached hydrogen (secondary N) is 3. The lowest BCUT2D eigenvalue weighted by Gasteiger charge is -2.09. The molecule has 0 fully saturated rings. The van der Waals surface area contributed by atoms with Crippen LogP contribution >= 0.6 is 12.1 Å². The molecule has 0 saturated carbocycles. The Kier molecular flexibility index (Phi) is 4.03. The Hall–Kier alpha value is -2.42. The number of aromatic amines is 1. The van der Waals surface area contributed by atoms with Crippen LogP contribution in [0.3, 0.4) is 0 Å². The summed E-state index contributed by atoms with van der Waals surface area (Å²) in [6.07, 6.45) is -1.63. The van der Waals surface area contributed by atoms with Crippen molar-refractivity contribution in [3.05, 3.63) is 54.1 Å². The number of alkyl halides is 3. The van der Waals surface area contributed by atoms with Crippen LogP contribution in [0.1, 0.15) is 5.56 Å². The van der Waals surface area contributed by atoms with E-state index < -0.39 is 17.6 Å². The van der Waals surface area contributed by atoms with Gasteiger partial charge < -0.3 is 14.4 Å². The second kappa shape index (κ2) is 5.99. The Morgan fingerprint density at radius 2 is 1.83 bits per heavy atom. The lowest BCUT2D eigenvalue weighted by Crippen LogP contribution is -2.04. The van der Waals surface area contributed by atoms with Gasteiger partial charge in [-0.05, 0) is 30.3 Å². The van der Waals surface area contributed by atoms with Gasteiger partial charge in [-0.2, -0.15) is 13.2 Å². The van der Waals surface area contributed by atoms with Gasteiger partial charge in [0.15, 0.2) is 0 Å². The van der Waals surface area contributed by atoms with E-state index in [-0.39, 0.29) is 0 Å². The molecule has 0 saturated heterocycles. The molecule has 4 nitrogen and oxygen atoms in total. The monoisotopic (exact) mass is 342 g/mol. The molecule has 0 spiro atoms. The number of nitrogens with zero attached hydrogens (tertiary/aromatic N) is 1. The third-order valence-corrected chi connectivity index (χ3v) is 3.70. The number of hydrogen-bond donors (Lipinski definition) is 3. The van der Waals surface area contributed by atoms with Crippen LogP contribution in [0.15, 0.2) is 42.7 Å². The van der Waals surface area contributed by atoms with Gasteiger partial charge in [-0.25, -0.2) is 9.37 Å². The summed E-state index contributed by atoms with van der Waals surface area (Å²) >= 11 is 1.05. The molecule has 0 bridgehead atoms. The largest absolute Gasteiger partial charge is 0.416 e. The van der Waals surface area contributed by atoms with Crippen molar-refractivity contribution in [2.75, 3.05) is 9.44 Å². The van der Waals surface area contributed by atoms with Crippen molar-refractivity contribution in [1.29, 1.82) is 0 Å². The first-order valence-corrected chi connectivity index (χ1v) is 7.23. The zero-order valence-corrected chi connectivity index (χ0v) is 12.2. The molecular weight excluding hydrogens is 332 g/mol. The minimum Gasteiger partial charge on any atom is -0.344 e. The molecule has 0 aliphatic heterocycles. The molecule has 3 N–H and O–H groups in total. The van der Waals surface area contributed by atoms with Crippen LogP contribution in [0.2, 0.25) is 0 Å². The molecule has 0 atom stereocenters. The first kappa shape index (κ1) is 15.5. The van der Waals surface area contributed by atoms with E-state index in [0.717, 1.165) is 30.5 Å². The summed E-state index contributed by atoms with van der Waals surface area (Å²) in [4.78, 5) is 6.78. The highest BCUT2D eigenvalue weighted by atomic mass is 32.2. The van der Waals surface area contributed by atoms with Crippen LogP contribution in [-0.4, -0.2) is 9.97 Å². The molecule has 2 aromatic heterocycles. The first-order chi connectivity index (χ1) is 10.9. The molecular formula is C14H10F4N4S. The zero-order chi connectivity index (χ0) is 16.4. The Labute approximate surface area is 132 Å². The van der Waals surface area contributed by atoms with E-state index in [1.807, 2.05) is 0 Å². The molecule has 3 rings (SSSR count). The van der Waals surface area contributed by atoms with Crippen molar-refractivity contribution in [3.8, 4) is 0 Å². The minimum absolute atomic E-state index is 0.458. The summed E-state index contributed by atoms with van der Waals surface area (Å²) in [6.45, 7) is 0. The molecule has 1 aromatic carbocycles. The Bertz CT molecular complexity index is 814. The standard InChI is InChI=1S/C14H10F4N4S/c15-9-5-11-12(7-20-13(11)19-6-9)22-23-21-10-3-1-8(2-4-10)14(16,17)18/h1-7,21-22H,(H,19,20). The fourth-order valence-electron chi connectivity index (χ4n) is 1.93. The van der Waals surface area contributed by atoms with Gasteiger partial charge in [0.25, 0.3) is 0 Å². The van der Waals surface area contributed by atoms with Crippen LogP contribution < -0.4 is 9.44 Å². The molecule has 0 aliphatic rings. The van der Waals surface area contributed by atoms with Crippen LogP contribution in [-0.2, 0) is 6.18 Å². The van der Waals surface area contributed by atoms with Crippen LogP contribution in [0, 0.1) is 5.82 Å². The predicted octanol–water partition coefficient (Wildman–Crippen LogP) is 4.81. The van der Waals surface area contributed by atoms with Crippen LogP contribution in [0.25, 0.3) is 11.0 Å². The topological polar surface area (TPSA) is 52.7 Å². The molecule has 3 aromatic rings. The third kappa shape index (κ3) is 3.50. The molecule has 0 unspecified atom stereocenters. The summed E-state index contributed by atoms with van der Waals surface area (Å²) in [7, 11) is 0. The number of benzene rings is 1. The van der Waals surface area contributed by atoms with E-state index in [1.165, 1.54) is 18.2 Å². The number of halogens is 4. The van der Waals surface area contributed by atoms with Crippen molar-refractivity contribution < 1.29 is 17.6 Å². The number of fused-ring (bicyclic) bond motifs is 1. The van der Waals surface area contributed by atoms with Crippen molar-refractivity contribution in [2.45, 2.75) is 6.18 Å². The fourth-order valence-corrected chi connectivity index (χ4v) is 2.51. The van der Waals surface area contributed by atoms with E-state index in [4.69, 9.17) is 0 Å². The van der Waals surface area contributed by atoms with E-state index in [0.29, 0.717) is 22.4 Å². The second-order valence-electron chi connectivity index (χ2n) is 4.63. The van der Waals surface area contributed by atoms with Crippen LogP contribution in [0.5, 0.6) is 0 Å². The second-order valence-corrected chi connectivity index (χ2v) is 5.25. The Morgan fingerprint density at radius 1 is 1.09 bits per heavy atom. The quantitative estimate of drug-likeness (QED) is 0.470. The number of hydrogen-bond acceptors (Lipinski definition) is 4. The van der Waals surface area contributed by atoms with Gasteiger partial charge in [0.1, 0.15) is 11.5 Å². The van der Waals surface area contributed by atoms with Crippen molar-refractivity contribution >= 4 is 34.5 Å². The Balaban J connectivity index is 1.63. The van der Waals surface area contributed by atoms with Gasteiger partial charge in [-0.15, -0.1) is 0 Å². The first-order valence-electron chi connectivity index (χ1n) is 6.41. The number of pyridine rings is 1. The van der Waals surface area contributed by atoms with Crippen molar-refractivity contribution in [1.82, 2.24) is 9.97 Å². The normalized spacial score (nSPS) is 11.7. The summed E-state index contributed by atoms with van der Waals surface area (Å²) in [5.74, 6) is -0.458. The van der Waals surface area contributed by atoms with Crippen molar-refractivity contribution in [3.63, 3.8) is 0 Å². The summed E-state index contributed by atoms with van der Waals surface area (Å²) in [6, 6.07) is 5.98. The third-order valence-electron chi connectivity index (χ3n) is 3.04. The van der Waals surface area contributed by atoms with E-state index in [9.17, 15) is 17.6 Å². The van der Waals surface area contributed by atoms with Crippen molar-refractivity contribution in [2.24, 2.45) is 0 Å². The molecule has 2 heterocycles. The molecule has 0 aliphatic carbocycles. The SMILES string of the molecule is Fc1cnc2[nH]cc(NSNc3ccc(C(F)(F)F)cc3)c2c1.